The Morgan fingerprint density at radius 3 is 3.07 bits per heavy atom. The molecule has 2 N–H and O–H groups in total. The van der Waals surface area contributed by atoms with Gasteiger partial charge in [0.25, 0.3) is 0 Å². The van der Waals surface area contributed by atoms with E-state index in [9.17, 15) is 0 Å². The van der Waals surface area contributed by atoms with Crippen molar-refractivity contribution in [1.29, 1.82) is 0 Å². The molecule has 14 heavy (non-hydrogen) atoms. The molecule has 0 bridgehead atoms. The molecule has 1 heterocycles. The fourth-order valence-corrected chi connectivity index (χ4v) is 1.24. The van der Waals surface area contributed by atoms with Gasteiger partial charge in [-0.05, 0) is 18.6 Å². The molecule has 0 aromatic carbocycles. The first-order valence-corrected chi connectivity index (χ1v) is 4.74. The van der Waals surface area contributed by atoms with Gasteiger partial charge in [0.2, 0.25) is 0 Å². The largest absolute Gasteiger partial charge is 0.394 e. The van der Waals surface area contributed by atoms with E-state index in [4.69, 9.17) is 16.7 Å². The second-order valence-corrected chi connectivity index (χ2v) is 3.29. The first-order valence-electron chi connectivity index (χ1n) is 4.36. The van der Waals surface area contributed by atoms with Crippen molar-refractivity contribution in [2.24, 2.45) is 0 Å². The lowest BCUT2D eigenvalue weighted by atomic mass is 10.2. The monoisotopic (exact) mass is 212 g/mol. The van der Waals surface area contributed by atoms with Gasteiger partial charge in [-0.2, -0.15) is 0 Å². The predicted molar refractivity (Wildman–Crippen MR) is 58.6 cm³/mol. The van der Waals surface area contributed by atoms with E-state index in [0.717, 1.165) is 0 Å². The fraction of sp³-hybridized carbons (Fsp3) is 0.300. The van der Waals surface area contributed by atoms with E-state index in [0.29, 0.717) is 17.3 Å². The van der Waals surface area contributed by atoms with Crippen molar-refractivity contribution in [3.8, 4) is 0 Å². The summed E-state index contributed by atoms with van der Waals surface area (Å²) in [5.74, 6) is 0.593. The number of aromatic nitrogens is 1. The highest BCUT2D eigenvalue weighted by molar-refractivity contribution is 6.32. The molecule has 0 radical (unpaired) electrons. The van der Waals surface area contributed by atoms with Crippen LogP contribution in [-0.4, -0.2) is 22.7 Å². The van der Waals surface area contributed by atoms with Crippen LogP contribution in [0.3, 0.4) is 0 Å². The quantitative estimate of drug-likeness (QED) is 0.735. The summed E-state index contributed by atoms with van der Waals surface area (Å²) < 4.78 is 0. The summed E-state index contributed by atoms with van der Waals surface area (Å²) in [4.78, 5) is 4.06. The Labute approximate surface area is 88.4 Å². The minimum Gasteiger partial charge on any atom is -0.394 e. The molecule has 0 saturated carbocycles. The molecule has 0 aliphatic carbocycles. The minimum atomic E-state index is -0.0834. The number of hydrogen-bond acceptors (Lipinski definition) is 3. The number of rotatable bonds is 5. The lowest BCUT2D eigenvalue weighted by molar-refractivity contribution is 0.275. The van der Waals surface area contributed by atoms with Gasteiger partial charge in [0.1, 0.15) is 5.82 Å². The number of halogens is 1. The van der Waals surface area contributed by atoms with Gasteiger partial charge < -0.3 is 10.4 Å². The van der Waals surface area contributed by atoms with E-state index in [-0.39, 0.29) is 12.6 Å². The molecule has 1 atom stereocenters. The normalized spacial score (nSPS) is 12.1. The Morgan fingerprint density at radius 2 is 2.50 bits per heavy atom. The molecule has 0 fully saturated rings. The molecule has 1 aromatic heterocycles. The summed E-state index contributed by atoms with van der Waals surface area (Å²) in [6.45, 7) is 3.63. The standard InChI is InChI=1S/C10H13ClN2O/c1-2-4-8(7-14)13-10-9(11)5-3-6-12-10/h2-3,5-6,8,14H,1,4,7H2,(H,12,13). The van der Waals surface area contributed by atoms with Crippen LogP contribution in [0.1, 0.15) is 6.42 Å². The van der Waals surface area contributed by atoms with Crippen LogP contribution in [0.15, 0.2) is 31.0 Å². The maximum Gasteiger partial charge on any atom is 0.145 e. The Morgan fingerprint density at radius 1 is 1.71 bits per heavy atom. The van der Waals surface area contributed by atoms with E-state index in [1.165, 1.54) is 0 Å². The van der Waals surface area contributed by atoms with Crippen LogP contribution in [0.2, 0.25) is 5.02 Å². The van der Waals surface area contributed by atoms with Crippen LogP contribution >= 0.6 is 11.6 Å². The summed E-state index contributed by atoms with van der Waals surface area (Å²) in [7, 11) is 0. The van der Waals surface area contributed by atoms with Crippen molar-refractivity contribution in [1.82, 2.24) is 4.98 Å². The lowest BCUT2D eigenvalue weighted by Gasteiger charge is -2.15. The second kappa shape index (κ2) is 5.62. The summed E-state index contributed by atoms with van der Waals surface area (Å²) in [5, 5.41) is 12.6. The van der Waals surface area contributed by atoms with Crippen LogP contribution in [0.25, 0.3) is 0 Å². The van der Waals surface area contributed by atoms with E-state index >= 15 is 0 Å². The third kappa shape index (κ3) is 3.01. The summed E-state index contributed by atoms with van der Waals surface area (Å²) in [5.41, 5.74) is 0. The van der Waals surface area contributed by atoms with E-state index in [1.807, 2.05) is 0 Å². The zero-order valence-corrected chi connectivity index (χ0v) is 8.54. The van der Waals surface area contributed by atoms with Gasteiger partial charge in [-0.15, -0.1) is 6.58 Å². The maximum absolute atomic E-state index is 9.03. The smallest absolute Gasteiger partial charge is 0.145 e. The third-order valence-electron chi connectivity index (χ3n) is 1.77. The summed E-state index contributed by atoms with van der Waals surface area (Å²) >= 11 is 5.89. The predicted octanol–water partition coefficient (Wildman–Crippen LogP) is 2.08. The highest BCUT2D eigenvalue weighted by Gasteiger charge is 2.07. The van der Waals surface area contributed by atoms with E-state index < -0.39 is 0 Å². The van der Waals surface area contributed by atoms with Crippen molar-refractivity contribution in [2.75, 3.05) is 11.9 Å². The van der Waals surface area contributed by atoms with Crippen LogP contribution in [-0.2, 0) is 0 Å². The Balaban J connectivity index is 2.66. The highest BCUT2D eigenvalue weighted by Crippen LogP contribution is 2.18. The van der Waals surface area contributed by atoms with Gasteiger partial charge in [-0.1, -0.05) is 17.7 Å². The van der Waals surface area contributed by atoms with Crippen LogP contribution in [0, 0.1) is 0 Å². The third-order valence-corrected chi connectivity index (χ3v) is 2.08. The highest BCUT2D eigenvalue weighted by atomic mass is 35.5. The molecule has 0 aliphatic heterocycles. The minimum absolute atomic E-state index is 0.0267. The average molecular weight is 213 g/mol. The topological polar surface area (TPSA) is 45.1 Å². The van der Waals surface area contributed by atoms with Gasteiger partial charge >= 0.3 is 0 Å². The number of nitrogens with zero attached hydrogens (tertiary/aromatic N) is 1. The molecule has 0 saturated heterocycles. The maximum atomic E-state index is 9.03. The molecule has 0 spiro atoms. The fourth-order valence-electron chi connectivity index (χ4n) is 1.07. The van der Waals surface area contributed by atoms with Crippen molar-refractivity contribution < 1.29 is 5.11 Å². The number of hydrogen-bond donors (Lipinski definition) is 2. The molecule has 1 aromatic rings. The molecule has 76 valence electrons. The average Bonchev–Trinajstić information content (AvgIpc) is 2.20. The Hall–Kier alpha value is -1.06. The van der Waals surface area contributed by atoms with Crippen LogP contribution < -0.4 is 5.32 Å². The lowest BCUT2D eigenvalue weighted by Crippen LogP contribution is -2.23. The van der Waals surface area contributed by atoms with Gasteiger partial charge in [-0.3, -0.25) is 0 Å². The van der Waals surface area contributed by atoms with Crippen molar-refractivity contribution in [2.45, 2.75) is 12.5 Å². The van der Waals surface area contributed by atoms with Gasteiger partial charge in [0.15, 0.2) is 0 Å². The number of aliphatic hydroxyl groups is 1. The molecule has 0 aliphatic rings. The number of pyridine rings is 1. The molecular weight excluding hydrogens is 200 g/mol. The number of anilines is 1. The van der Waals surface area contributed by atoms with Crippen molar-refractivity contribution >= 4 is 17.4 Å². The van der Waals surface area contributed by atoms with Crippen molar-refractivity contribution in [3.05, 3.63) is 36.0 Å². The molecule has 4 heteroatoms. The van der Waals surface area contributed by atoms with Crippen LogP contribution in [0.5, 0.6) is 0 Å². The van der Waals surface area contributed by atoms with Crippen molar-refractivity contribution in [3.63, 3.8) is 0 Å². The SMILES string of the molecule is C=CCC(CO)Nc1ncccc1Cl. The van der Waals surface area contributed by atoms with Gasteiger partial charge in [0.05, 0.1) is 17.7 Å². The number of nitrogens with one attached hydrogen (secondary N) is 1. The van der Waals surface area contributed by atoms with Gasteiger partial charge in [0, 0.05) is 6.20 Å². The van der Waals surface area contributed by atoms with Crippen LogP contribution in [0.4, 0.5) is 5.82 Å². The number of aliphatic hydroxyl groups excluding tert-OH is 1. The zero-order chi connectivity index (χ0) is 10.4. The summed E-state index contributed by atoms with van der Waals surface area (Å²) in [6.07, 6.45) is 4.06. The van der Waals surface area contributed by atoms with E-state index in [2.05, 4.69) is 16.9 Å². The molecule has 0 amide bonds. The summed E-state index contributed by atoms with van der Waals surface area (Å²) in [6, 6.07) is 3.42. The molecule has 1 unspecified atom stereocenters. The molecular formula is C10H13ClN2O. The van der Waals surface area contributed by atoms with Gasteiger partial charge in [-0.25, -0.2) is 4.98 Å². The molecule has 3 nitrogen and oxygen atoms in total. The Kier molecular flexibility index (Phi) is 4.43. The van der Waals surface area contributed by atoms with E-state index in [1.54, 1.807) is 24.4 Å². The Bertz CT molecular complexity index is 304. The molecule has 1 rings (SSSR count). The second-order valence-electron chi connectivity index (χ2n) is 2.88. The first kappa shape index (κ1) is 11.0. The first-order chi connectivity index (χ1) is 6.77. The zero-order valence-electron chi connectivity index (χ0n) is 7.78.